The van der Waals surface area contributed by atoms with E-state index in [2.05, 4.69) is 45.5 Å². The van der Waals surface area contributed by atoms with Gasteiger partial charge in [0.25, 0.3) is 0 Å². The van der Waals surface area contributed by atoms with Crippen molar-refractivity contribution in [1.82, 2.24) is 15.2 Å². The summed E-state index contributed by atoms with van der Waals surface area (Å²) in [6.45, 7) is 7.21. The first-order valence-electron chi connectivity index (χ1n) is 11.1. The van der Waals surface area contributed by atoms with Gasteiger partial charge in [0.15, 0.2) is 11.5 Å². The lowest BCUT2D eigenvalue weighted by atomic mass is 9.97. The van der Waals surface area contributed by atoms with Gasteiger partial charge in [0, 0.05) is 32.0 Å². The highest BCUT2D eigenvalue weighted by atomic mass is 16.5. The summed E-state index contributed by atoms with van der Waals surface area (Å²) < 4.78 is 12.1. The van der Waals surface area contributed by atoms with Gasteiger partial charge < -0.3 is 14.8 Å². The Kier molecular flexibility index (Phi) is 7.53. The van der Waals surface area contributed by atoms with Crippen LogP contribution < -0.4 is 14.8 Å². The Morgan fingerprint density at radius 1 is 0.935 bits per heavy atom. The molecule has 0 radical (unpaired) electrons. The number of aromatic nitrogens is 1. The van der Waals surface area contributed by atoms with E-state index in [1.807, 2.05) is 49.6 Å². The zero-order chi connectivity index (χ0) is 21.3. The number of ether oxygens (including phenoxy) is 2. The van der Waals surface area contributed by atoms with E-state index in [1.165, 1.54) is 11.1 Å². The van der Waals surface area contributed by atoms with Crippen LogP contribution >= 0.6 is 0 Å². The maximum absolute atomic E-state index is 6.12. The highest BCUT2D eigenvalue weighted by molar-refractivity contribution is 5.46. The number of hydrogen-bond donors (Lipinski definition) is 1. The zero-order valence-electron chi connectivity index (χ0n) is 18.2. The van der Waals surface area contributed by atoms with Crippen LogP contribution in [0.2, 0.25) is 0 Å². The standard InChI is InChI=1S/C26H31N3O2/c1-2-30-25-18-22(11-12-24(25)31-20-21-8-4-3-5-9-21)26(23-10-6-13-28-19-23)29-16-7-14-27-15-17-29/h3-6,8-13,18-19,26-27H,2,7,14-17,20H2,1H3. The molecule has 1 N–H and O–H groups in total. The van der Waals surface area contributed by atoms with Gasteiger partial charge in [-0.3, -0.25) is 9.88 Å². The van der Waals surface area contributed by atoms with Crippen molar-refractivity contribution in [3.05, 3.63) is 89.7 Å². The van der Waals surface area contributed by atoms with Gasteiger partial charge in [-0.15, -0.1) is 0 Å². The minimum absolute atomic E-state index is 0.135. The smallest absolute Gasteiger partial charge is 0.161 e. The fourth-order valence-corrected chi connectivity index (χ4v) is 4.09. The van der Waals surface area contributed by atoms with E-state index in [4.69, 9.17) is 9.47 Å². The fraction of sp³-hybridized carbons (Fsp3) is 0.346. The predicted octanol–water partition coefficient (Wildman–Crippen LogP) is 4.44. The number of rotatable bonds is 8. The molecule has 2 heterocycles. The lowest BCUT2D eigenvalue weighted by molar-refractivity contribution is 0.238. The molecule has 5 heteroatoms. The largest absolute Gasteiger partial charge is 0.490 e. The van der Waals surface area contributed by atoms with Gasteiger partial charge in [-0.2, -0.15) is 0 Å². The van der Waals surface area contributed by atoms with Gasteiger partial charge >= 0.3 is 0 Å². The minimum atomic E-state index is 0.135. The van der Waals surface area contributed by atoms with Crippen LogP contribution in [0, 0.1) is 0 Å². The van der Waals surface area contributed by atoms with Crippen molar-refractivity contribution in [2.24, 2.45) is 0 Å². The summed E-state index contributed by atoms with van der Waals surface area (Å²) in [5.74, 6) is 1.56. The molecule has 162 valence electrons. The van der Waals surface area contributed by atoms with E-state index in [0.29, 0.717) is 13.2 Å². The van der Waals surface area contributed by atoms with Crippen molar-refractivity contribution >= 4 is 0 Å². The molecule has 1 aromatic heterocycles. The average Bonchev–Trinajstić information content (AvgIpc) is 3.10. The van der Waals surface area contributed by atoms with Crippen molar-refractivity contribution < 1.29 is 9.47 Å². The molecule has 4 rings (SSSR count). The molecular weight excluding hydrogens is 386 g/mol. The van der Waals surface area contributed by atoms with Crippen LogP contribution in [0.25, 0.3) is 0 Å². The highest BCUT2D eigenvalue weighted by Gasteiger charge is 2.24. The van der Waals surface area contributed by atoms with E-state index in [-0.39, 0.29) is 6.04 Å². The van der Waals surface area contributed by atoms with Gasteiger partial charge in [-0.05, 0) is 54.8 Å². The molecule has 1 atom stereocenters. The third-order valence-electron chi connectivity index (χ3n) is 5.56. The Balaban J connectivity index is 1.63. The number of nitrogens with one attached hydrogen (secondary N) is 1. The number of hydrogen-bond acceptors (Lipinski definition) is 5. The zero-order valence-corrected chi connectivity index (χ0v) is 18.2. The first kappa shape index (κ1) is 21.3. The molecule has 0 amide bonds. The quantitative estimate of drug-likeness (QED) is 0.587. The summed E-state index contributed by atoms with van der Waals surface area (Å²) in [4.78, 5) is 6.92. The van der Waals surface area contributed by atoms with Gasteiger partial charge in [0.1, 0.15) is 6.61 Å². The Bertz CT molecular complexity index is 926. The molecule has 5 nitrogen and oxygen atoms in total. The van der Waals surface area contributed by atoms with Crippen LogP contribution in [0.1, 0.15) is 36.1 Å². The van der Waals surface area contributed by atoms with Gasteiger partial charge in [0.05, 0.1) is 12.6 Å². The lowest BCUT2D eigenvalue weighted by Crippen LogP contribution is -2.33. The van der Waals surface area contributed by atoms with E-state index < -0.39 is 0 Å². The summed E-state index contributed by atoms with van der Waals surface area (Å²) in [6, 6.07) is 20.9. The molecule has 1 saturated heterocycles. The second-order valence-corrected chi connectivity index (χ2v) is 7.74. The van der Waals surface area contributed by atoms with Crippen LogP contribution in [0.4, 0.5) is 0 Å². The molecule has 0 aliphatic carbocycles. The van der Waals surface area contributed by atoms with Crippen LogP contribution in [-0.4, -0.2) is 42.7 Å². The maximum Gasteiger partial charge on any atom is 0.161 e. The number of benzene rings is 2. The van der Waals surface area contributed by atoms with Crippen LogP contribution in [0.5, 0.6) is 11.5 Å². The topological polar surface area (TPSA) is 46.6 Å². The first-order chi connectivity index (χ1) is 15.3. The van der Waals surface area contributed by atoms with Crippen molar-refractivity contribution in [2.45, 2.75) is 26.0 Å². The molecule has 1 aliphatic rings. The summed E-state index contributed by atoms with van der Waals surface area (Å²) in [6.07, 6.45) is 4.94. The van der Waals surface area contributed by atoms with Crippen LogP contribution in [0.3, 0.4) is 0 Å². The van der Waals surface area contributed by atoms with E-state index >= 15 is 0 Å². The van der Waals surface area contributed by atoms with Gasteiger partial charge in [0.2, 0.25) is 0 Å². The molecule has 2 aromatic carbocycles. The summed E-state index contributed by atoms with van der Waals surface area (Å²) in [7, 11) is 0. The lowest BCUT2D eigenvalue weighted by Gasteiger charge is -2.31. The third-order valence-corrected chi connectivity index (χ3v) is 5.56. The summed E-state index contributed by atoms with van der Waals surface area (Å²) >= 11 is 0. The first-order valence-corrected chi connectivity index (χ1v) is 11.1. The molecule has 0 spiro atoms. The van der Waals surface area contributed by atoms with Gasteiger partial charge in [-0.1, -0.05) is 42.5 Å². The van der Waals surface area contributed by atoms with Crippen molar-refractivity contribution in [1.29, 1.82) is 0 Å². The van der Waals surface area contributed by atoms with Crippen LogP contribution in [0.15, 0.2) is 73.1 Å². The fourth-order valence-electron chi connectivity index (χ4n) is 4.09. The Morgan fingerprint density at radius 2 is 1.84 bits per heavy atom. The summed E-state index contributed by atoms with van der Waals surface area (Å²) in [5, 5.41) is 3.51. The molecule has 1 fully saturated rings. The Morgan fingerprint density at radius 3 is 2.65 bits per heavy atom. The van der Waals surface area contributed by atoms with E-state index in [1.54, 1.807) is 0 Å². The normalized spacial score (nSPS) is 15.8. The molecule has 31 heavy (non-hydrogen) atoms. The van der Waals surface area contributed by atoms with Crippen molar-refractivity contribution in [2.75, 3.05) is 32.8 Å². The molecular formula is C26H31N3O2. The molecule has 3 aromatic rings. The molecule has 0 bridgehead atoms. The summed E-state index contributed by atoms with van der Waals surface area (Å²) in [5.41, 5.74) is 3.54. The second kappa shape index (κ2) is 10.9. The van der Waals surface area contributed by atoms with Crippen LogP contribution in [-0.2, 0) is 6.61 Å². The average molecular weight is 418 g/mol. The SMILES string of the molecule is CCOc1cc(C(c2cccnc2)N2CCCNCC2)ccc1OCc1ccccc1. The second-order valence-electron chi connectivity index (χ2n) is 7.74. The predicted molar refractivity (Wildman–Crippen MR) is 124 cm³/mol. The molecule has 1 aliphatic heterocycles. The number of nitrogens with zero attached hydrogens (tertiary/aromatic N) is 2. The van der Waals surface area contributed by atoms with Crippen molar-refractivity contribution in [3.8, 4) is 11.5 Å². The van der Waals surface area contributed by atoms with E-state index in [9.17, 15) is 0 Å². The maximum atomic E-state index is 6.12. The highest BCUT2D eigenvalue weighted by Crippen LogP contribution is 2.36. The third kappa shape index (κ3) is 5.63. The van der Waals surface area contributed by atoms with E-state index in [0.717, 1.165) is 49.7 Å². The Hall–Kier alpha value is -2.89. The van der Waals surface area contributed by atoms with Gasteiger partial charge in [-0.25, -0.2) is 0 Å². The monoisotopic (exact) mass is 417 g/mol. The molecule has 0 saturated carbocycles. The molecule has 1 unspecified atom stereocenters. The number of pyridine rings is 1. The minimum Gasteiger partial charge on any atom is -0.490 e. The van der Waals surface area contributed by atoms with Crippen molar-refractivity contribution in [3.63, 3.8) is 0 Å². The Labute approximate surface area is 185 Å².